The van der Waals surface area contributed by atoms with Gasteiger partial charge in [-0.2, -0.15) is 0 Å². The van der Waals surface area contributed by atoms with Gasteiger partial charge in [-0.25, -0.2) is 9.97 Å². The summed E-state index contributed by atoms with van der Waals surface area (Å²) in [5.41, 5.74) is 18.1. The van der Waals surface area contributed by atoms with Crippen LogP contribution in [0, 0.1) is 0 Å². The lowest BCUT2D eigenvalue weighted by Gasteiger charge is -2.57. The summed E-state index contributed by atoms with van der Waals surface area (Å²) in [6, 6.07) is 53.3. The molecule has 8 aromatic rings. The van der Waals surface area contributed by atoms with Crippen LogP contribution in [0.4, 0.5) is 17.1 Å². The van der Waals surface area contributed by atoms with Crippen molar-refractivity contribution in [2.45, 2.75) is 19.4 Å². The van der Waals surface area contributed by atoms with Crippen molar-refractivity contribution in [3.63, 3.8) is 0 Å². The highest BCUT2D eigenvalue weighted by Crippen LogP contribution is 2.58. The van der Waals surface area contributed by atoms with Crippen molar-refractivity contribution in [1.82, 2.24) is 23.7 Å². The molecule has 6 nitrogen and oxygen atoms in total. The highest BCUT2D eigenvalue weighted by Gasteiger charge is 2.36. The van der Waals surface area contributed by atoms with E-state index in [4.69, 9.17) is 15.4 Å². The van der Waals surface area contributed by atoms with E-state index < -0.39 is 0 Å². The molecular weight excluding hydrogens is 625 g/mol. The van der Waals surface area contributed by atoms with Gasteiger partial charge < -0.3 is 5.43 Å². The predicted octanol–water partition coefficient (Wildman–Crippen LogP) is 11.7. The van der Waals surface area contributed by atoms with Crippen LogP contribution in [0.25, 0.3) is 61.7 Å². The molecule has 1 atom stereocenters. The molecule has 0 radical (unpaired) electrons. The van der Waals surface area contributed by atoms with Gasteiger partial charge in [0.1, 0.15) is 29.6 Å². The second kappa shape index (κ2) is 11.8. The quantitative estimate of drug-likeness (QED) is 0.160. The number of hydrogen-bond donors (Lipinski definition) is 0. The van der Waals surface area contributed by atoms with Crippen molar-refractivity contribution in [3.8, 4) is 28.5 Å². The van der Waals surface area contributed by atoms with Crippen LogP contribution in [0.2, 0.25) is 0 Å². The zero-order valence-electron chi connectivity index (χ0n) is 28.0. The van der Waals surface area contributed by atoms with E-state index in [1.54, 1.807) is 0 Å². The summed E-state index contributed by atoms with van der Waals surface area (Å²) in [5.74, 6) is 1.80. The molecule has 0 amide bonds. The van der Waals surface area contributed by atoms with E-state index in [9.17, 15) is 0 Å². The SMILES string of the molecule is C1=CC(n2c(-c3cc(C[N+]4(c5ccccc5)[N-]c5ccccc54)cc(-c4nc5ccccc5n4-c4ccccc4)c3)nc3ccccc32)=CCC1. The third-order valence-electron chi connectivity index (χ3n) is 10.0. The Bertz CT molecular complexity index is 2650. The van der Waals surface area contributed by atoms with Crippen LogP contribution in [0.15, 0.2) is 170 Å². The summed E-state index contributed by atoms with van der Waals surface area (Å²) in [7, 11) is 0. The van der Waals surface area contributed by atoms with Gasteiger partial charge in [-0.15, -0.1) is 0 Å². The largest absolute Gasteiger partial charge is 0.471 e. The summed E-state index contributed by atoms with van der Waals surface area (Å²) in [4.78, 5) is 10.6. The fraction of sp³-hybridized carbons (Fsp3) is 0.0667. The minimum Gasteiger partial charge on any atom is -0.471 e. The maximum atomic E-state index is 5.31. The van der Waals surface area contributed by atoms with Crippen LogP contribution in [-0.2, 0) is 6.54 Å². The van der Waals surface area contributed by atoms with Crippen molar-refractivity contribution in [2.24, 2.45) is 0 Å². The number of rotatable bonds is 7. The van der Waals surface area contributed by atoms with Crippen LogP contribution >= 0.6 is 0 Å². The summed E-state index contributed by atoms with van der Waals surface area (Å²) < 4.78 is 4.98. The maximum Gasteiger partial charge on any atom is 0.145 e. The Morgan fingerprint density at radius 1 is 0.588 bits per heavy atom. The molecule has 1 aliphatic carbocycles. The number of para-hydroxylation sites is 7. The number of imidazole rings is 2. The second-order valence-corrected chi connectivity index (χ2v) is 13.2. The molecule has 1 unspecified atom stereocenters. The summed E-state index contributed by atoms with van der Waals surface area (Å²) in [6.07, 6.45) is 8.86. The Morgan fingerprint density at radius 3 is 1.88 bits per heavy atom. The minimum absolute atomic E-state index is 0.388. The van der Waals surface area contributed by atoms with E-state index in [1.165, 1.54) is 5.69 Å². The molecule has 0 saturated carbocycles. The van der Waals surface area contributed by atoms with Crippen LogP contribution < -0.4 is 4.59 Å². The first-order chi connectivity index (χ1) is 25.2. The molecule has 2 aromatic heterocycles. The topological polar surface area (TPSA) is 49.7 Å². The standard InChI is InChI=1S/C45H34N6/c1-4-16-35(17-5-1)49-41-25-13-10-22-38(41)46-44(49)33-28-32(31-51(37-20-8-3-9-21-37)43-27-15-12-24-40(43)48-51)29-34(30-33)45-47-39-23-11-14-26-42(39)50(45)36-18-6-2-7-19-36/h1,3-6,8-30H,2,7,31H2. The van der Waals surface area contributed by atoms with Crippen LogP contribution in [0.1, 0.15) is 18.4 Å². The van der Waals surface area contributed by atoms with Gasteiger partial charge >= 0.3 is 0 Å². The van der Waals surface area contributed by atoms with E-state index in [-0.39, 0.29) is 0 Å². The molecule has 1 aliphatic heterocycles. The van der Waals surface area contributed by atoms with Crippen molar-refractivity contribution in [3.05, 3.63) is 181 Å². The van der Waals surface area contributed by atoms with Gasteiger partial charge in [-0.1, -0.05) is 91.0 Å². The Morgan fingerprint density at radius 2 is 1.20 bits per heavy atom. The van der Waals surface area contributed by atoms with Crippen molar-refractivity contribution in [1.29, 1.82) is 0 Å². The molecule has 10 rings (SSSR count). The maximum absolute atomic E-state index is 5.31. The molecule has 0 spiro atoms. The Kier molecular flexibility index (Phi) is 6.82. The van der Waals surface area contributed by atoms with Crippen molar-refractivity contribution in [2.75, 3.05) is 0 Å². The van der Waals surface area contributed by atoms with Gasteiger partial charge in [-0.3, -0.25) is 13.7 Å². The molecule has 0 bridgehead atoms. The monoisotopic (exact) mass is 658 g/mol. The highest BCUT2D eigenvalue weighted by atomic mass is 15.7. The lowest BCUT2D eigenvalue weighted by atomic mass is 10.0. The molecule has 6 aromatic carbocycles. The number of benzene rings is 6. The number of quaternary nitrogens is 1. The van der Waals surface area contributed by atoms with E-state index in [0.29, 0.717) is 11.1 Å². The van der Waals surface area contributed by atoms with Gasteiger partial charge in [0.25, 0.3) is 0 Å². The first-order valence-electron chi connectivity index (χ1n) is 17.5. The van der Waals surface area contributed by atoms with E-state index in [2.05, 4.69) is 179 Å². The third kappa shape index (κ3) is 4.83. The minimum atomic E-state index is 0.388. The smallest absolute Gasteiger partial charge is 0.145 e. The average molecular weight is 659 g/mol. The normalized spacial score (nSPS) is 16.4. The van der Waals surface area contributed by atoms with Crippen LogP contribution in [-0.4, -0.2) is 19.1 Å². The van der Waals surface area contributed by atoms with E-state index in [1.807, 2.05) is 0 Å². The Balaban J connectivity index is 1.24. The zero-order valence-corrected chi connectivity index (χ0v) is 28.0. The molecule has 0 N–H and O–H groups in total. The third-order valence-corrected chi connectivity index (χ3v) is 10.0. The van der Waals surface area contributed by atoms with Gasteiger partial charge in [0, 0.05) is 28.1 Å². The lowest BCUT2D eigenvalue weighted by molar-refractivity contribution is 0.447. The molecular formula is C45H34N6. The summed E-state index contributed by atoms with van der Waals surface area (Å²) in [5, 5.41) is 0. The first kappa shape index (κ1) is 29.4. The van der Waals surface area contributed by atoms with Gasteiger partial charge in [0.2, 0.25) is 0 Å². The van der Waals surface area contributed by atoms with Gasteiger partial charge in [-0.05, 0) is 97.4 Å². The first-order valence-corrected chi connectivity index (χ1v) is 17.5. The second-order valence-electron chi connectivity index (χ2n) is 13.2. The fourth-order valence-electron chi connectivity index (χ4n) is 7.75. The molecule has 3 heterocycles. The highest BCUT2D eigenvalue weighted by molar-refractivity contribution is 5.90. The number of nitrogens with zero attached hydrogens (tertiary/aromatic N) is 6. The van der Waals surface area contributed by atoms with Crippen molar-refractivity contribution >= 4 is 44.8 Å². The molecule has 2 aliphatic rings. The fourth-order valence-corrected chi connectivity index (χ4v) is 7.75. The van der Waals surface area contributed by atoms with Crippen LogP contribution in [0.3, 0.4) is 0 Å². The predicted molar refractivity (Wildman–Crippen MR) is 209 cm³/mol. The average Bonchev–Trinajstić information content (AvgIpc) is 3.78. The lowest BCUT2D eigenvalue weighted by Crippen LogP contribution is -2.43. The number of allylic oxidation sites excluding steroid dienone is 4. The number of fused-ring (bicyclic) bond motifs is 3. The summed E-state index contributed by atoms with van der Waals surface area (Å²) in [6.45, 7) is 0.635. The molecule has 0 saturated heterocycles. The van der Waals surface area contributed by atoms with Gasteiger partial charge in [0.15, 0.2) is 0 Å². The molecule has 244 valence electrons. The Labute approximate surface area is 296 Å². The van der Waals surface area contributed by atoms with Gasteiger partial charge in [0.05, 0.1) is 22.1 Å². The van der Waals surface area contributed by atoms with E-state index in [0.717, 1.165) is 86.0 Å². The molecule has 0 fully saturated rings. The van der Waals surface area contributed by atoms with E-state index >= 15 is 0 Å². The zero-order chi connectivity index (χ0) is 33.8. The number of hydrogen-bond acceptors (Lipinski definition) is 2. The summed E-state index contributed by atoms with van der Waals surface area (Å²) >= 11 is 0. The molecule has 51 heavy (non-hydrogen) atoms. The van der Waals surface area contributed by atoms with Crippen LogP contribution in [0.5, 0.6) is 0 Å². The molecule has 6 heteroatoms. The van der Waals surface area contributed by atoms with Crippen molar-refractivity contribution < 1.29 is 0 Å². The number of aromatic nitrogens is 4. The Hall–Kier alpha value is -6.50.